The van der Waals surface area contributed by atoms with Crippen molar-refractivity contribution in [3.8, 4) is 0 Å². The van der Waals surface area contributed by atoms with Gasteiger partial charge in [-0.2, -0.15) is 5.10 Å². The highest BCUT2D eigenvalue weighted by atomic mass is 35.5. The van der Waals surface area contributed by atoms with Crippen LogP contribution in [-0.4, -0.2) is 51.7 Å². The van der Waals surface area contributed by atoms with Crippen LogP contribution in [-0.2, 0) is 13.1 Å². The third kappa shape index (κ3) is 3.47. The summed E-state index contributed by atoms with van der Waals surface area (Å²) in [6.07, 6.45) is 1.55. The molecule has 24 heavy (non-hydrogen) atoms. The number of carbonyl (C=O) groups is 1. The van der Waals surface area contributed by atoms with Gasteiger partial charge in [0.25, 0.3) is 5.91 Å². The van der Waals surface area contributed by atoms with E-state index in [1.807, 2.05) is 11.8 Å². The molecule has 2 heterocycles. The fraction of sp³-hybridized carbons (Fsp3) is 0.444. The van der Waals surface area contributed by atoms with Gasteiger partial charge in [-0.15, -0.1) is 0 Å². The fourth-order valence-corrected chi connectivity index (χ4v) is 3.32. The van der Waals surface area contributed by atoms with E-state index >= 15 is 0 Å². The Morgan fingerprint density at radius 1 is 1.21 bits per heavy atom. The van der Waals surface area contributed by atoms with Gasteiger partial charge in [0.05, 0.1) is 11.2 Å². The predicted octanol–water partition coefficient (Wildman–Crippen LogP) is 2.82. The summed E-state index contributed by atoms with van der Waals surface area (Å²) in [5.41, 5.74) is 3.17. The molecule has 0 bridgehead atoms. The standard InChI is InChI=1S/C18H23ClN4O/c1-3-23-17(16(19)12-20-23)18(24)22-10-8-21(9-11-22)13-15-7-5-4-6-14(15)2/h4-7,12H,3,8-11,13H2,1-2H3. The van der Waals surface area contributed by atoms with E-state index in [2.05, 4.69) is 41.2 Å². The van der Waals surface area contributed by atoms with E-state index in [0.717, 1.165) is 32.7 Å². The van der Waals surface area contributed by atoms with Crippen molar-refractivity contribution < 1.29 is 4.79 Å². The van der Waals surface area contributed by atoms with Crippen LogP contribution in [0.3, 0.4) is 0 Å². The number of rotatable bonds is 4. The predicted molar refractivity (Wildman–Crippen MR) is 95.3 cm³/mol. The molecule has 1 aromatic carbocycles. The zero-order valence-corrected chi connectivity index (χ0v) is 15.0. The fourth-order valence-electron chi connectivity index (χ4n) is 3.10. The number of aryl methyl sites for hydroxylation is 2. The molecule has 1 fully saturated rings. The number of hydrogen-bond acceptors (Lipinski definition) is 3. The maximum atomic E-state index is 12.7. The Kier molecular flexibility index (Phi) is 5.21. The molecule has 0 atom stereocenters. The van der Waals surface area contributed by atoms with Gasteiger partial charge in [-0.05, 0) is 25.0 Å². The largest absolute Gasteiger partial charge is 0.335 e. The Morgan fingerprint density at radius 3 is 2.58 bits per heavy atom. The summed E-state index contributed by atoms with van der Waals surface area (Å²) in [4.78, 5) is 17.0. The lowest BCUT2D eigenvalue weighted by Gasteiger charge is -2.35. The molecule has 6 heteroatoms. The van der Waals surface area contributed by atoms with E-state index in [0.29, 0.717) is 17.3 Å². The summed E-state index contributed by atoms with van der Waals surface area (Å²) in [6.45, 7) is 8.86. The summed E-state index contributed by atoms with van der Waals surface area (Å²) in [5.74, 6) is -0.0186. The Bertz CT molecular complexity index is 720. The van der Waals surface area contributed by atoms with Crippen molar-refractivity contribution in [2.75, 3.05) is 26.2 Å². The second kappa shape index (κ2) is 7.36. The maximum absolute atomic E-state index is 12.7. The minimum atomic E-state index is -0.0186. The van der Waals surface area contributed by atoms with Crippen LogP contribution in [0.25, 0.3) is 0 Å². The molecule has 5 nitrogen and oxygen atoms in total. The maximum Gasteiger partial charge on any atom is 0.273 e. The highest BCUT2D eigenvalue weighted by Gasteiger charge is 2.26. The normalized spacial score (nSPS) is 15.7. The SMILES string of the molecule is CCn1ncc(Cl)c1C(=O)N1CCN(Cc2ccccc2C)CC1. The van der Waals surface area contributed by atoms with Gasteiger partial charge in [0.2, 0.25) is 0 Å². The van der Waals surface area contributed by atoms with Gasteiger partial charge in [0.1, 0.15) is 5.69 Å². The van der Waals surface area contributed by atoms with Gasteiger partial charge in [-0.1, -0.05) is 35.9 Å². The van der Waals surface area contributed by atoms with Gasteiger partial charge in [-0.25, -0.2) is 0 Å². The second-order valence-electron chi connectivity index (χ2n) is 6.15. The van der Waals surface area contributed by atoms with Crippen LogP contribution >= 0.6 is 11.6 Å². The minimum absolute atomic E-state index is 0.0186. The molecule has 0 spiro atoms. The smallest absolute Gasteiger partial charge is 0.273 e. The molecular formula is C18H23ClN4O. The zero-order chi connectivity index (χ0) is 17.1. The molecule has 1 aliphatic rings. The van der Waals surface area contributed by atoms with Crippen molar-refractivity contribution >= 4 is 17.5 Å². The number of hydrogen-bond donors (Lipinski definition) is 0. The monoisotopic (exact) mass is 346 g/mol. The Morgan fingerprint density at radius 2 is 1.92 bits per heavy atom. The van der Waals surface area contributed by atoms with E-state index < -0.39 is 0 Å². The lowest BCUT2D eigenvalue weighted by atomic mass is 10.1. The first-order valence-electron chi connectivity index (χ1n) is 8.37. The van der Waals surface area contributed by atoms with E-state index in [1.54, 1.807) is 10.9 Å². The second-order valence-corrected chi connectivity index (χ2v) is 6.56. The lowest BCUT2D eigenvalue weighted by Crippen LogP contribution is -2.48. The first-order valence-corrected chi connectivity index (χ1v) is 8.75. The summed E-state index contributed by atoms with van der Waals surface area (Å²) >= 11 is 6.15. The van der Waals surface area contributed by atoms with Gasteiger partial charge in [-0.3, -0.25) is 14.4 Å². The molecule has 0 aliphatic carbocycles. The van der Waals surface area contributed by atoms with Crippen LogP contribution in [0.15, 0.2) is 30.5 Å². The molecule has 3 rings (SSSR count). The number of halogens is 1. The molecule has 0 radical (unpaired) electrons. The van der Waals surface area contributed by atoms with Crippen LogP contribution < -0.4 is 0 Å². The third-order valence-corrected chi connectivity index (χ3v) is 4.89. The topological polar surface area (TPSA) is 41.4 Å². The molecule has 0 unspecified atom stereocenters. The van der Waals surface area contributed by atoms with Crippen molar-refractivity contribution in [1.29, 1.82) is 0 Å². The van der Waals surface area contributed by atoms with E-state index in [4.69, 9.17) is 11.6 Å². The number of aromatic nitrogens is 2. The molecular weight excluding hydrogens is 324 g/mol. The molecule has 1 saturated heterocycles. The Balaban J connectivity index is 1.62. The highest BCUT2D eigenvalue weighted by Crippen LogP contribution is 2.19. The molecule has 0 saturated carbocycles. The van der Waals surface area contributed by atoms with Crippen LogP contribution in [0.2, 0.25) is 5.02 Å². The summed E-state index contributed by atoms with van der Waals surface area (Å²) in [7, 11) is 0. The van der Waals surface area contributed by atoms with E-state index in [-0.39, 0.29) is 5.91 Å². The molecule has 1 amide bonds. The summed E-state index contributed by atoms with van der Waals surface area (Å²) in [6, 6.07) is 8.46. The zero-order valence-electron chi connectivity index (χ0n) is 14.2. The number of piperazine rings is 1. The average Bonchev–Trinajstić information content (AvgIpc) is 2.98. The van der Waals surface area contributed by atoms with Crippen LogP contribution in [0.1, 0.15) is 28.5 Å². The van der Waals surface area contributed by atoms with E-state index in [9.17, 15) is 4.79 Å². The van der Waals surface area contributed by atoms with Crippen LogP contribution in [0.5, 0.6) is 0 Å². The first kappa shape index (κ1) is 17.0. The van der Waals surface area contributed by atoms with Gasteiger partial charge in [0, 0.05) is 39.3 Å². The highest BCUT2D eigenvalue weighted by molar-refractivity contribution is 6.33. The quantitative estimate of drug-likeness (QED) is 0.854. The van der Waals surface area contributed by atoms with Crippen molar-refractivity contribution in [3.05, 3.63) is 52.3 Å². The average molecular weight is 347 g/mol. The van der Waals surface area contributed by atoms with Gasteiger partial charge < -0.3 is 4.90 Å². The molecule has 128 valence electrons. The van der Waals surface area contributed by atoms with Crippen molar-refractivity contribution in [1.82, 2.24) is 19.6 Å². The molecule has 1 aliphatic heterocycles. The Labute approximate surface area is 147 Å². The summed E-state index contributed by atoms with van der Waals surface area (Å²) < 4.78 is 1.67. The van der Waals surface area contributed by atoms with Gasteiger partial charge >= 0.3 is 0 Å². The van der Waals surface area contributed by atoms with Crippen molar-refractivity contribution in [3.63, 3.8) is 0 Å². The van der Waals surface area contributed by atoms with E-state index in [1.165, 1.54) is 11.1 Å². The molecule has 0 N–H and O–H groups in total. The third-order valence-electron chi connectivity index (χ3n) is 4.61. The minimum Gasteiger partial charge on any atom is -0.335 e. The van der Waals surface area contributed by atoms with Gasteiger partial charge in [0.15, 0.2) is 0 Å². The lowest BCUT2D eigenvalue weighted by molar-refractivity contribution is 0.0616. The number of nitrogens with zero attached hydrogens (tertiary/aromatic N) is 4. The van der Waals surface area contributed by atoms with Crippen LogP contribution in [0, 0.1) is 6.92 Å². The number of carbonyl (C=O) groups excluding carboxylic acids is 1. The van der Waals surface area contributed by atoms with Crippen LogP contribution in [0.4, 0.5) is 0 Å². The molecule has 2 aromatic rings. The summed E-state index contributed by atoms with van der Waals surface area (Å²) in [5, 5.41) is 4.59. The first-order chi connectivity index (χ1) is 11.6. The van der Waals surface area contributed by atoms with Crippen molar-refractivity contribution in [2.24, 2.45) is 0 Å². The number of benzene rings is 1. The Hall–Kier alpha value is -1.85. The van der Waals surface area contributed by atoms with Crippen molar-refractivity contribution in [2.45, 2.75) is 26.9 Å². The molecule has 1 aromatic heterocycles. The number of amides is 1.